The predicted molar refractivity (Wildman–Crippen MR) is 51.0 cm³/mol. The second-order valence-corrected chi connectivity index (χ2v) is 3.41. The maximum atomic E-state index is 12.5. The summed E-state index contributed by atoms with van der Waals surface area (Å²) in [6.45, 7) is -0.652. The van der Waals surface area contributed by atoms with E-state index in [1.54, 1.807) is 0 Å². The minimum atomic E-state index is -4.52. The molecule has 0 aliphatic heterocycles. The molecule has 84 valence electrons. The highest BCUT2D eigenvalue weighted by molar-refractivity contribution is 6.31. The number of nitrogens with two attached hydrogens (primary N) is 1. The Balaban J connectivity index is 3.24. The maximum absolute atomic E-state index is 12.5. The van der Waals surface area contributed by atoms with Crippen molar-refractivity contribution in [2.24, 2.45) is 5.73 Å². The SMILES string of the molecule is NCC(c1c(O)cccc1Cl)C(F)(F)F. The first-order valence-electron chi connectivity index (χ1n) is 4.12. The lowest BCUT2D eigenvalue weighted by atomic mass is 9.97. The van der Waals surface area contributed by atoms with Gasteiger partial charge >= 0.3 is 6.18 Å². The summed E-state index contributed by atoms with van der Waals surface area (Å²) in [6.07, 6.45) is -4.52. The predicted octanol–water partition coefficient (Wildman–Crippen LogP) is 2.65. The van der Waals surface area contributed by atoms with Crippen LogP contribution in [0.4, 0.5) is 13.2 Å². The van der Waals surface area contributed by atoms with Gasteiger partial charge in [-0.15, -0.1) is 0 Å². The molecule has 0 spiro atoms. The van der Waals surface area contributed by atoms with E-state index in [1.165, 1.54) is 12.1 Å². The van der Waals surface area contributed by atoms with Crippen LogP contribution in [-0.4, -0.2) is 17.8 Å². The summed E-state index contributed by atoms with van der Waals surface area (Å²) in [5, 5.41) is 9.18. The van der Waals surface area contributed by atoms with E-state index in [4.69, 9.17) is 17.3 Å². The molecule has 0 bridgehead atoms. The molecule has 0 heterocycles. The third-order valence-corrected chi connectivity index (χ3v) is 2.34. The first-order valence-corrected chi connectivity index (χ1v) is 4.50. The molecular formula is C9H9ClF3NO. The van der Waals surface area contributed by atoms with Crippen LogP contribution in [0, 0.1) is 0 Å². The summed E-state index contributed by atoms with van der Waals surface area (Å²) >= 11 is 5.59. The first kappa shape index (κ1) is 12.1. The van der Waals surface area contributed by atoms with Crippen molar-refractivity contribution in [3.05, 3.63) is 28.8 Å². The van der Waals surface area contributed by atoms with Crippen LogP contribution in [0.25, 0.3) is 0 Å². The van der Waals surface area contributed by atoms with E-state index in [2.05, 4.69) is 0 Å². The highest BCUT2D eigenvalue weighted by Crippen LogP contribution is 2.41. The fourth-order valence-corrected chi connectivity index (χ4v) is 1.59. The zero-order chi connectivity index (χ0) is 11.6. The van der Waals surface area contributed by atoms with Gasteiger partial charge in [0.25, 0.3) is 0 Å². The molecule has 0 saturated heterocycles. The van der Waals surface area contributed by atoms with Crippen LogP contribution in [0.2, 0.25) is 5.02 Å². The van der Waals surface area contributed by atoms with E-state index in [-0.39, 0.29) is 10.6 Å². The Hall–Kier alpha value is -0.940. The molecule has 1 unspecified atom stereocenters. The fraction of sp³-hybridized carbons (Fsp3) is 0.333. The smallest absolute Gasteiger partial charge is 0.397 e. The molecule has 6 heteroatoms. The number of benzene rings is 1. The molecule has 1 rings (SSSR count). The Labute approximate surface area is 89.5 Å². The topological polar surface area (TPSA) is 46.2 Å². The van der Waals surface area contributed by atoms with Gasteiger partial charge in [0.05, 0.1) is 5.92 Å². The Morgan fingerprint density at radius 3 is 2.40 bits per heavy atom. The lowest BCUT2D eigenvalue weighted by Crippen LogP contribution is -2.28. The highest BCUT2D eigenvalue weighted by atomic mass is 35.5. The molecule has 0 aromatic heterocycles. The summed E-state index contributed by atoms with van der Waals surface area (Å²) in [5.74, 6) is -2.43. The summed E-state index contributed by atoms with van der Waals surface area (Å²) in [4.78, 5) is 0. The van der Waals surface area contributed by atoms with Gasteiger partial charge in [-0.05, 0) is 12.1 Å². The van der Waals surface area contributed by atoms with E-state index in [0.717, 1.165) is 6.07 Å². The number of halogens is 4. The van der Waals surface area contributed by atoms with E-state index in [9.17, 15) is 18.3 Å². The van der Waals surface area contributed by atoms with Gasteiger partial charge in [0.2, 0.25) is 0 Å². The number of phenolic OH excluding ortho intramolecular Hbond substituents is 1. The van der Waals surface area contributed by atoms with Gasteiger partial charge < -0.3 is 10.8 Å². The summed E-state index contributed by atoms with van der Waals surface area (Å²) in [7, 11) is 0. The molecule has 2 nitrogen and oxygen atoms in total. The molecule has 0 radical (unpaired) electrons. The Morgan fingerprint density at radius 2 is 2.00 bits per heavy atom. The van der Waals surface area contributed by atoms with E-state index < -0.39 is 24.4 Å². The molecule has 0 aliphatic rings. The summed E-state index contributed by atoms with van der Waals surface area (Å²) in [6, 6.07) is 3.80. The second-order valence-electron chi connectivity index (χ2n) is 3.00. The van der Waals surface area contributed by atoms with Crippen molar-refractivity contribution < 1.29 is 18.3 Å². The summed E-state index contributed by atoms with van der Waals surface area (Å²) < 4.78 is 37.5. The van der Waals surface area contributed by atoms with Gasteiger partial charge in [0, 0.05) is 17.1 Å². The van der Waals surface area contributed by atoms with Crippen molar-refractivity contribution in [3.8, 4) is 5.75 Å². The average Bonchev–Trinajstić information content (AvgIpc) is 2.09. The van der Waals surface area contributed by atoms with Crippen LogP contribution in [0.15, 0.2) is 18.2 Å². The number of hydrogen-bond acceptors (Lipinski definition) is 2. The number of hydrogen-bond donors (Lipinski definition) is 2. The van der Waals surface area contributed by atoms with Gasteiger partial charge in [-0.25, -0.2) is 0 Å². The van der Waals surface area contributed by atoms with Crippen LogP contribution in [0.5, 0.6) is 5.75 Å². The van der Waals surface area contributed by atoms with Gasteiger partial charge in [0.1, 0.15) is 5.75 Å². The van der Waals surface area contributed by atoms with Gasteiger partial charge in [-0.3, -0.25) is 0 Å². The van der Waals surface area contributed by atoms with Crippen LogP contribution >= 0.6 is 11.6 Å². The molecule has 3 N–H and O–H groups in total. The standard InChI is InChI=1S/C9H9ClF3NO/c10-6-2-1-3-7(15)8(6)5(4-14)9(11,12)13/h1-3,5,15H,4,14H2. The van der Waals surface area contributed by atoms with Crippen molar-refractivity contribution >= 4 is 11.6 Å². The number of rotatable bonds is 2. The molecule has 0 aliphatic carbocycles. The number of aromatic hydroxyl groups is 1. The minimum absolute atomic E-state index is 0.136. The van der Waals surface area contributed by atoms with Crippen molar-refractivity contribution in [1.82, 2.24) is 0 Å². The van der Waals surface area contributed by atoms with E-state index in [1.807, 2.05) is 0 Å². The number of alkyl halides is 3. The molecule has 1 aromatic carbocycles. The third-order valence-electron chi connectivity index (χ3n) is 2.01. The van der Waals surface area contributed by atoms with Crippen LogP contribution in [0.3, 0.4) is 0 Å². The third kappa shape index (κ3) is 2.54. The largest absolute Gasteiger partial charge is 0.508 e. The quantitative estimate of drug-likeness (QED) is 0.834. The zero-order valence-electron chi connectivity index (χ0n) is 7.55. The maximum Gasteiger partial charge on any atom is 0.397 e. The molecule has 1 atom stereocenters. The highest BCUT2D eigenvalue weighted by Gasteiger charge is 2.42. The molecule has 1 aromatic rings. The Bertz CT molecular complexity index is 333. The van der Waals surface area contributed by atoms with Crippen molar-refractivity contribution in [2.75, 3.05) is 6.54 Å². The second kappa shape index (κ2) is 4.28. The van der Waals surface area contributed by atoms with Crippen LogP contribution in [-0.2, 0) is 0 Å². The monoisotopic (exact) mass is 239 g/mol. The molecule has 0 saturated carbocycles. The Kier molecular flexibility index (Phi) is 3.46. The van der Waals surface area contributed by atoms with Crippen LogP contribution in [0.1, 0.15) is 11.5 Å². The lowest BCUT2D eigenvalue weighted by molar-refractivity contribution is -0.148. The number of phenols is 1. The van der Waals surface area contributed by atoms with E-state index in [0.29, 0.717) is 0 Å². The van der Waals surface area contributed by atoms with Crippen molar-refractivity contribution in [2.45, 2.75) is 12.1 Å². The van der Waals surface area contributed by atoms with Gasteiger partial charge in [0.15, 0.2) is 0 Å². The Morgan fingerprint density at radius 1 is 1.40 bits per heavy atom. The van der Waals surface area contributed by atoms with E-state index >= 15 is 0 Å². The zero-order valence-corrected chi connectivity index (χ0v) is 8.31. The van der Waals surface area contributed by atoms with Crippen molar-refractivity contribution in [3.63, 3.8) is 0 Å². The molecular weight excluding hydrogens is 231 g/mol. The molecule has 0 amide bonds. The first-order chi connectivity index (χ1) is 6.88. The normalized spacial score (nSPS) is 13.9. The average molecular weight is 240 g/mol. The molecule has 15 heavy (non-hydrogen) atoms. The van der Waals surface area contributed by atoms with Crippen LogP contribution < -0.4 is 5.73 Å². The molecule has 0 fully saturated rings. The fourth-order valence-electron chi connectivity index (χ4n) is 1.29. The van der Waals surface area contributed by atoms with Crippen molar-refractivity contribution in [1.29, 1.82) is 0 Å². The lowest BCUT2D eigenvalue weighted by Gasteiger charge is -2.20. The minimum Gasteiger partial charge on any atom is -0.508 e. The van der Waals surface area contributed by atoms with Gasteiger partial charge in [-0.1, -0.05) is 17.7 Å². The summed E-state index contributed by atoms with van der Waals surface area (Å²) in [5.41, 5.74) is 4.67. The van der Waals surface area contributed by atoms with Gasteiger partial charge in [-0.2, -0.15) is 13.2 Å².